The van der Waals surface area contributed by atoms with Crippen LogP contribution in [0.3, 0.4) is 0 Å². The van der Waals surface area contributed by atoms with Gasteiger partial charge in [0.15, 0.2) is 0 Å². The van der Waals surface area contributed by atoms with Gasteiger partial charge in [-0.3, -0.25) is 4.79 Å². The summed E-state index contributed by atoms with van der Waals surface area (Å²) < 4.78 is 0. The number of hydrogen-bond donors (Lipinski definition) is 4. The quantitative estimate of drug-likeness (QED) is 0.647. The van der Waals surface area contributed by atoms with Crippen LogP contribution >= 0.6 is 12.4 Å². The maximum absolute atomic E-state index is 11.7. The maximum atomic E-state index is 11.7. The second kappa shape index (κ2) is 7.52. The Labute approximate surface area is 112 Å². The molecule has 100 valence electrons. The van der Waals surface area contributed by atoms with Crippen molar-refractivity contribution in [2.24, 2.45) is 11.5 Å². The highest BCUT2D eigenvalue weighted by atomic mass is 35.5. The fourth-order valence-corrected chi connectivity index (χ4v) is 1.25. The monoisotopic (exact) mass is 272 g/mol. The van der Waals surface area contributed by atoms with Crippen LogP contribution in [-0.2, 0) is 0 Å². The van der Waals surface area contributed by atoms with E-state index in [4.69, 9.17) is 11.5 Å². The number of hydrogen-bond acceptors (Lipinski definition) is 3. The number of rotatable bonds is 4. The van der Waals surface area contributed by atoms with Crippen LogP contribution in [0.5, 0.6) is 0 Å². The lowest BCUT2D eigenvalue weighted by molar-refractivity contribution is 0.0941. The minimum atomic E-state index is -0.669. The number of anilines is 1. The molecule has 0 aliphatic carbocycles. The number of halogens is 1. The van der Waals surface area contributed by atoms with Gasteiger partial charge in [-0.25, -0.2) is 4.79 Å². The molecule has 0 saturated carbocycles. The number of benzene rings is 1. The van der Waals surface area contributed by atoms with E-state index in [0.717, 1.165) is 0 Å². The molecule has 1 aromatic rings. The molecule has 3 amide bonds. The first-order valence-corrected chi connectivity index (χ1v) is 5.20. The molecule has 0 bridgehead atoms. The Bertz CT molecular complexity index is 425. The standard InChI is InChI=1S/C11H16N4O2.ClH/c1-7(6-12)14-10(16)8-3-2-4-9(5-8)15-11(13)17;/h2-5,7H,6,12H2,1H3,(H,14,16)(H3,13,15,17);1H/t7-;/m0./s1. The Hall–Kier alpha value is -1.79. The molecule has 0 aromatic heterocycles. The van der Waals surface area contributed by atoms with Crippen molar-refractivity contribution in [1.82, 2.24) is 5.32 Å². The molecule has 0 aliphatic rings. The predicted octanol–water partition coefficient (Wildman–Crippen LogP) is 0.676. The lowest BCUT2D eigenvalue weighted by Gasteiger charge is -2.11. The van der Waals surface area contributed by atoms with Crippen LogP contribution in [0.25, 0.3) is 0 Å². The molecule has 6 N–H and O–H groups in total. The molecule has 0 aliphatic heterocycles. The van der Waals surface area contributed by atoms with E-state index in [9.17, 15) is 9.59 Å². The third kappa shape index (κ3) is 5.03. The molecule has 0 saturated heterocycles. The molecular formula is C11H17ClN4O2. The fourth-order valence-electron chi connectivity index (χ4n) is 1.25. The summed E-state index contributed by atoms with van der Waals surface area (Å²) >= 11 is 0. The van der Waals surface area contributed by atoms with Crippen LogP contribution in [0.4, 0.5) is 10.5 Å². The van der Waals surface area contributed by atoms with Gasteiger partial charge in [-0.1, -0.05) is 6.07 Å². The third-order valence-electron chi connectivity index (χ3n) is 2.12. The molecule has 0 radical (unpaired) electrons. The molecule has 18 heavy (non-hydrogen) atoms. The highest BCUT2D eigenvalue weighted by molar-refractivity contribution is 5.96. The van der Waals surface area contributed by atoms with E-state index < -0.39 is 6.03 Å². The molecule has 6 nitrogen and oxygen atoms in total. The number of urea groups is 1. The van der Waals surface area contributed by atoms with Crippen LogP contribution in [0, 0.1) is 0 Å². The summed E-state index contributed by atoms with van der Waals surface area (Å²) in [5.41, 5.74) is 11.3. The van der Waals surface area contributed by atoms with Gasteiger partial charge in [0.25, 0.3) is 5.91 Å². The van der Waals surface area contributed by atoms with Gasteiger partial charge < -0.3 is 22.1 Å². The largest absolute Gasteiger partial charge is 0.351 e. The van der Waals surface area contributed by atoms with Crippen LogP contribution in [0.2, 0.25) is 0 Å². The SMILES string of the molecule is C[C@@H](CN)NC(=O)c1cccc(NC(N)=O)c1.Cl. The zero-order chi connectivity index (χ0) is 12.8. The van der Waals surface area contributed by atoms with Gasteiger partial charge in [0.2, 0.25) is 0 Å². The Morgan fingerprint density at radius 2 is 2.06 bits per heavy atom. The minimum Gasteiger partial charge on any atom is -0.351 e. The molecule has 1 rings (SSSR count). The number of nitrogens with two attached hydrogens (primary N) is 2. The lowest BCUT2D eigenvalue weighted by atomic mass is 10.1. The van der Waals surface area contributed by atoms with Crippen molar-refractivity contribution in [3.05, 3.63) is 29.8 Å². The van der Waals surface area contributed by atoms with Gasteiger partial charge in [-0.05, 0) is 25.1 Å². The fraction of sp³-hybridized carbons (Fsp3) is 0.273. The van der Waals surface area contributed by atoms with Crippen LogP contribution in [0.1, 0.15) is 17.3 Å². The number of primary amides is 1. The van der Waals surface area contributed by atoms with Crippen molar-refractivity contribution < 1.29 is 9.59 Å². The molecule has 0 fully saturated rings. The summed E-state index contributed by atoms with van der Waals surface area (Å²) in [5, 5.41) is 5.12. The number of nitrogens with one attached hydrogen (secondary N) is 2. The highest BCUT2D eigenvalue weighted by Gasteiger charge is 2.09. The first-order valence-electron chi connectivity index (χ1n) is 5.20. The highest BCUT2D eigenvalue weighted by Crippen LogP contribution is 2.10. The van der Waals surface area contributed by atoms with Gasteiger partial charge in [0.1, 0.15) is 0 Å². The first-order chi connectivity index (χ1) is 8.02. The van der Waals surface area contributed by atoms with E-state index in [1.54, 1.807) is 24.3 Å². The van der Waals surface area contributed by atoms with Crippen molar-refractivity contribution >= 4 is 30.0 Å². The number of amides is 3. The predicted molar refractivity (Wildman–Crippen MR) is 72.9 cm³/mol. The zero-order valence-corrected chi connectivity index (χ0v) is 10.8. The normalized spacial score (nSPS) is 11.0. The topological polar surface area (TPSA) is 110 Å². The molecule has 0 heterocycles. The molecular weight excluding hydrogens is 256 g/mol. The summed E-state index contributed by atoms with van der Waals surface area (Å²) in [7, 11) is 0. The van der Waals surface area contributed by atoms with Crippen LogP contribution in [-0.4, -0.2) is 24.5 Å². The summed E-state index contributed by atoms with van der Waals surface area (Å²) in [6.45, 7) is 2.17. The van der Waals surface area contributed by atoms with Gasteiger partial charge in [0, 0.05) is 23.8 Å². The van der Waals surface area contributed by atoms with E-state index in [-0.39, 0.29) is 24.4 Å². The van der Waals surface area contributed by atoms with Gasteiger partial charge in [-0.15, -0.1) is 12.4 Å². The van der Waals surface area contributed by atoms with Crippen molar-refractivity contribution in [1.29, 1.82) is 0 Å². The van der Waals surface area contributed by atoms with E-state index >= 15 is 0 Å². The smallest absolute Gasteiger partial charge is 0.316 e. The van der Waals surface area contributed by atoms with Crippen LogP contribution < -0.4 is 22.1 Å². The van der Waals surface area contributed by atoms with Gasteiger partial charge in [-0.2, -0.15) is 0 Å². The van der Waals surface area contributed by atoms with Crippen molar-refractivity contribution in [2.75, 3.05) is 11.9 Å². The lowest BCUT2D eigenvalue weighted by Crippen LogP contribution is -2.37. The second-order valence-electron chi connectivity index (χ2n) is 3.68. The van der Waals surface area contributed by atoms with E-state index in [2.05, 4.69) is 10.6 Å². The summed E-state index contributed by atoms with van der Waals surface area (Å²) in [6, 6.07) is 5.73. The second-order valence-corrected chi connectivity index (χ2v) is 3.68. The minimum absolute atomic E-state index is 0. The molecule has 7 heteroatoms. The van der Waals surface area contributed by atoms with Crippen molar-refractivity contribution in [3.8, 4) is 0 Å². The molecule has 0 unspecified atom stereocenters. The van der Waals surface area contributed by atoms with Crippen LogP contribution in [0.15, 0.2) is 24.3 Å². The molecule has 1 aromatic carbocycles. The Morgan fingerprint density at radius 3 is 2.61 bits per heavy atom. The zero-order valence-electron chi connectivity index (χ0n) is 9.97. The van der Waals surface area contributed by atoms with Gasteiger partial charge >= 0.3 is 6.03 Å². The molecule has 1 atom stereocenters. The summed E-state index contributed by atoms with van der Waals surface area (Å²) in [4.78, 5) is 22.4. The van der Waals surface area contributed by atoms with Gasteiger partial charge in [0.05, 0.1) is 0 Å². The van der Waals surface area contributed by atoms with E-state index in [0.29, 0.717) is 17.8 Å². The molecule has 0 spiro atoms. The number of carbonyl (C=O) groups is 2. The van der Waals surface area contributed by atoms with Crippen molar-refractivity contribution in [2.45, 2.75) is 13.0 Å². The Balaban J connectivity index is 0.00000289. The Morgan fingerprint density at radius 1 is 1.39 bits per heavy atom. The number of carbonyl (C=O) groups excluding carboxylic acids is 2. The van der Waals surface area contributed by atoms with Crippen molar-refractivity contribution in [3.63, 3.8) is 0 Å². The Kier molecular flexibility index (Phi) is 6.77. The summed E-state index contributed by atoms with van der Waals surface area (Å²) in [6.07, 6.45) is 0. The maximum Gasteiger partial charge on any atom is 0.316 e. The average molecular weight is 273 g/mol. The van der Waals surface area contributed by atoms with E-state index in [1.807, 2.05) is 6.92 Å². The summed E-state index contributed by atoms with van der Waals surface area (Å²) in [5.74, 6) is -0.240. The first kappa shape index (κ1) is 16.2. The third-order valence-corrected chi connectivity index (χ3v) is 2.12. The van der Waals surface area contributed by atoms with E-state index in [1.165, 1.54) is 0 Å². The average Bonchev–Trinajstić information content (AvgIpc) is 2.28.